The number of anilines is 1. The molecule has 40 heavy (non-hydrogen) atoms. The maximum atomic E-state index is 6.94. The average molecular weight is 570 g/mol. The van der Waals surface area contributed by atoms with Gasteiger partial charge >= 0.3 is 0 Å². The Labute approximate surface area is 237 Å². The van der Waals surface area contributed by atoms with Crippen LogP contribution in [-0.4, -0.2) is 58.8 Å². The van der Waals surface area contributed by atoms with Crippen LogP contribution in [0.2, 0.25) is 16.6 Å². The van der Waals surface area contributed by atoms with Gasteiger partial charge in [0.25, 0.3) is 0 Å². The number of ether oxygens (including phenoxy) is 4. The van der Waals surface area contributed by atoms with Gasteiger partial charge in [0.15, 0.2) is 26.0 Å². The highest BCUT2D eigenvalue weighted by atomic mass is 28.4. The predicted octanol–water partition coefficient (Wildman–Crippen LogP) is 5.60. The minimum absolute atomic E-state index is 0.291. The van der Waals surface area contributed by atoms with E-state index in [2.05, 4.69) is 51.5 Å². The standard InChI is InChI=1S/C29H43N5O5Si/c1-17(2)40(18(3)4,19(5)6)36-15-21-23-24(39-29(7,8)38-23)28(37-21)34-26-22(25(30)31-16-32-26)27(33-34)35-14-20-12-10-9-11-13-20/h9-13,16-19,21,23-24,28H,14-15H2,1-8H3,(H2,30,31,32)/t21-,23-,24-,28-/m1/s1. The van der Waals surface area contributed by atoms with Gasteiger partial charge in [-0.15, -0.1) is 5.10 Å². The van der Waals surface area contributed by atoms with Crippen molar-refractivity contribution in [2.75, 3.05) is 12.3 Å². The summed E-state index contributed by atoms with van der Waals surface area (Å²) in [6.07, 6.45) is -0.275. The van der Waals surface area contributed by atoms with Crippen molar-refractivity contribution in [2.45, 2.75) is 109 Å². The predicted molar refractivity (Wildman–Crippen MR) is 155 cm³/mol. The molecule has 0 bridgehead atoms. The molecule has 0 aliphatic carbocycles. The molecule has 2 N–H and O–H groups in total. The maximum Gasteiger partial charge on any atom is 0.246 e. The minimum Gasteiger partial charge on any atom is -0.471 e. The SMILES string of the molecule is CC(C)[Si](OC[C@H]1O[C@@H](n2nc(OCc3ccccc3)c3c(N)ncnc32)[C@@H]2OC(C)(C)O[C@@H]21)(C(C)C)C(C)C. The summed E-state index contributed by atoms with van der Waals surface area (Å²) in [6.45, 7) is 18.3. The average Bonchev–Trinajstić information content (AvgIpc) is 3.52. The van der Waals surface area contributed by atoms with Crippen LogP contribution in [0.1, 0.15) is 67.2 Å². The lowest BCUT2D eigenvalue weighted by molar-refractivity contribution is -0.200. The van der Waals surface area contributed by atoms with Crippen molar-refractivity contribution in [1.29, 1.82) is 0 Å². The Morgan fingerprint density at radius 3 is 2.27 bits per heavy atom. The quantitative estimate of drug-likeness (QED) is 0.312. The summed E-state index contributed by atoms with van der Waals surface area (Å²) in [6, 6.07) is 9.89. The van der Waals surface area contributed by atoms with Gasteiger partial charge in [0, 0.05) is 0 Å². The van der Waals surface area contributed by atoms with Crippen LogP contribution < -0.4 is 10.5 Å². The molecule has 0 amide bonds. The van der Waals surface area contributed by atoms with Gasteiger partial charge in [0.2, 0.25) is 5.88 Å². The van der Waals surface area contributed by atoms with Crippen molar-refractivity contribution < 1.29 is 23.4 Å². The van der Waals surface area contributed by atoms with E-state index in [0.717, 1.165) is 5.56 Å². The number of fused-ring (bicyclic) bond motifs is 2. The number of benzene rings is 1. The Morgan fingerprint density at radius 2 is 1.62 bits per heavy atom. The third kappa shape index (κ3) is 5.13. The molecule has 11 heteroatoms. The zero-order valence-electron chi connectivity index (χ0n) is 24.8. The summed E-state index contributed by atoms with van der Waals surface area (Å²) in [5.41, 5.74) is 9.19. The van der Waals surface area contributed by atoms with E-state index >= 15 is 0 Å². The van der Waals surface area contributed by atoms with Crippen LogP contribution >= 0.6 is 0 Å². The first-order valence-electron chi connectivity index (χ1n) is 14.2. The molecule has 10 nitrogen and oxygen atoms in total. The van der Waals surface area contributed by atoms with Crippen LogP contribution in [0.4, 0.5) is 5.82 Å². The van der Waals surface area contributed by atoms with Crippen molar-refractivity contribution in [3.63, 3.8) is 0 Å². The number of rotatable bonds is 10. The van der Waals surface area contributed by atoms with E-state index in [0.29, 0.717) is 52.6 Å². The summed E-state index contributed by atoms with van der Waals surface area (Å²) in [4.78, 5) is 8.72. The van der Waals surface area contributed by atoms with Crippen LogP contribution in [0, 0.1) is 0 Å². The lowest BCUT2D eigenvalue weighted by Crippen LogP contribution is -2.50. The third-order valence-corrected chi connectivity index (χ3v) is 14.4. The van der Waals surface area contributed by atoms with Crippen LogP contribution in [0.25, 0.3) is 11.0 Å². The summed E-state index contributed by atoms with van der Waals surface area (Å²) in [5, 5.41) is 5.35. The molecule has 4 heterocycles. The van der Waals surface area contributed by atoms with Gasteiger partial charge in [-0.2, -0.15) is 0 Å². The zero-order chi connectivity index (χ0) is 28.8. The van der Waals surface area contributed by atoms with Crippen LogP contribution in [0.3, 0.4) is 0 Å². The van der Waals surface area contributed by atoms with E-state index in [1.54, 1.807) is 4.68 Å². The lowest BCUT2D eigenvalue weighted by Gasteiger charge is -2.43. The Kier molecular flexibility index (Phi) is 7.97. The molecule has 2 aliphatic rings. The summed E-state index contributed by atoms with van der Waals surface area (Å²) < 4.78 is 34.2. The van der Waals surface area contributed by atoms with Crippen molar-refractivity contribution in [3.8, 4) is 5.88 Å². The molecular weight excluding hydrogens is 526 g/mol. The number of nitrogens with zero attached hydrogens (tertiary/aromatic N) is 4. The molecule has 2 aromatic heterocycles. The molecule has 0 unspecified atom stereocenters. The molecule has 2 aliphatic heterocycles. The first kappa shape index (κ1) is 28.9. The van der Waals surface area contributed by atoms with E-state index in [4.69, 9.17) is 34.2 Å². The Hall–Kier alpha value is -2.57. The molecule has 0 radical (unpaired) electrons. The molecule has 0 spiro atoms. The molecule has 4 atom stereocenters. The summed E-state index contributed by atoms with van der Waals surface area (Å²) in [5.74, 6) is -0.137. The van der Waals surface area contributed by atoms with Gasteiger partial charge in [0.1, 0.15) is 42.5 Å². The van der Waals surface area contributed by atoms with Gasteiger partial charge in [-0.05, 0) is 36.0 Å². The third-order valence-electron chi connectivity index (χ3n) is 8.28. The monoisotopic (exact) mass is 569 g/mol. The van der Waals surface area contributed by atoms with Crippen LogP contribution in [-0.2, 0) is 25.2 Å². The smallest absolute Gasteiger partial charge is 0.246 e. The van der Waals surface area contributed by atoms with Crippen molar-refractivity contribution in [1.82, 2.24) is 19.7 Å². The molecule has 2 saturated heterocycles. The fraction of sp³-hybridized carbons (Fsp3) is 0.621. The van der Waals surface area contributed by atoms with Gasteiger partial charge < -0.3 is 29.1 Å². The van der Waals surface area contributed by atoms with Crippen molar-refractivity contribution in [2.24, 2.45) is 0 Å². The normalized spacial score (nSPS) is 24.5. The maximum absolute atomic E-state index is 6.94. The van der Waals surface area contributed by atoms with Crippen molar-refractivity contribution in [3.05, 3.63) is 42.2 Å². The molecule has 5 rings (SSSR count). The number of hydrogen-bond donors (Lipinski definition) is 1. The number of hydrogen-bond acceptors (Lipinski definition) is 9. The highest BCUT2D eigenvalue weighted by Crippen LogP contribution is 2.47. The lowest BCUT2D eigenvalue weighted by atomic mass is 10.1. The highest BCUT2D eigenvalue weighted by molar-refractivity contribution is 6.77. The van der Waals surface area contributed by atoms with E-state index in [9.17, 15) is 0 Å². The number of aromatic nitrogens is 4. The van der Waals surface area contributed by atoms with E-state index in [-0.39, 0.29) is 12.2 Å². The second-order valence-electron chi connectivity index (χ2n) is 12.2. The molecular formula is C29H43N5O5Si. The number of nitrogen functional groups attached to an aromatic ring is 1. The first-order valence-corrected chi connectivity index (χ1v) is 16.4. The Balaban J connectivity index is 1.47. The van der Waals surface area contributed by atoms with E-state index < -0.39 is 26.4 Å². The largest absolute Gasteiger partial charge is 0.471 e. The highest BCUT2D eigenvalue weighted by Gasteiger charge is 2.57. The Morgan fingerprint density at radius 1 is 0.975 bits per heavy atom. The number of nitrogens with two attached hydrogens (primary N) is 1. The molecule has 1 aromatic carbocycles. The second-order valence-corrected chi connectivity index (χ2v) is 17.7. The molecule has 2 fully saturated rings. The minimum atomic E-state index is -2.12. The fourth-order valence-corrected chi connectivity index (χ4v) is 12.1. The summed E-state index contributed by atoms with van der Waals surface area (Å²) in [7, 11) is -2.12. The zero-order valence-corrected chi connectivity index (χ0v) is 25.8. The molecule has 3 aromatic rings. The first-order chi connectivity index (χ1) is 18.9. The van der Waals surface area contributed by atoms with Gasteiger partial charge in [0.05, 0.1) is 6.61 Å². The molecule has 0 saturated carbocycles. The fourth-order valence-electron chi connectivity index (χ4n) is 6.68. The second kappa shape index (κ2) is 11.0. The van der Waals surface area contributed by atoms with Gasteiger partial charge in [-0.3, -0.25) is 0 Å². The van der Waals surface area contributed by atoms with Gasteiger partial charge in [-0.25, -0.2) is 14.6 Å². The van der Waals surface area contributed by atoms with Crippen LogP contribution in [0.5, 0.6) is 5.88 Å². The van der Waals surface area contributed by atoms with Crippen molar-refractivity contribution >= 4 is 25.2 Å². The van der Waals surface area contributed by atoms with Gasteiger partial charge in [-0.1, -0.05) is 71.9 Å². The molecule has 218 valence electrons. The Bertz CT molecular complexity index is 1290. The van der Waals surface area contributed by atoms with E-state index in [1.165, 1.54) is 6.33 Å². The summed E-state index contributed by atoms with van der Waals surface area (Å²) >= 11 is 0. The van der Waals surface area contributed by atoms with Crippen LogP contribution in [0.15, 0.2) is 36.7 Å². The topological polar surface area (TPSA) is 116 Å². The van der Waals surface area contributed by atoms with E-state index in [1.807, 2.05) is 44.2 Å².